The van der Waals surface area contributed by atoms with Gasteiger partial charge in [-0.25, -0.2) is 0 Å². The van der Waals surface area contributed by atoms with E-state index in [-0.39, 0.29) is 42.7 Å². The Balaban J connectivity index is 0. The zero-order valence-electron chi connectivity index (χ0n) is 6.86. The minimum Gasteiger partial charge on any atom is -0.369 e. The van der Waals surface area contributed by atoms with Gasteiger partial charge in [-0.05, 0) is 19.3 Å². The molecule has 5 heteroatoms. The summed E-state index contributed by atoms with van der Waals surface area (Å²) in [5.41, 5.74) is 10.8. The van der Waals surface area contributed by atoms with E-state index >= 15 is 0 Å². The topological polar surface area (TPSA) is 69.1 Å². The standard InChI is InChI=1S/C7H14N2O.2ClH/c8-6-3-1-2-5(4-6)7(9)10;;/h5-6H,1-4,8H2,(H2,9,10);2*1H/t5-,6+;;/m0../s1. The lowest BCUT2D eigenvalue weighted by atomic mass is 9.86. The molecule has 1 aliphatic rings. The predicted molar refractivity (Wildman–Crippen MR) is 53.6 cm³/mol. The van der Waals surface area contributed by atoms with Crippen LogP contribution in [0.3, 0.4) is 0 Å². The van der Waals surface area contributed by atoms with Crippen molar-refractivity contribution in [2.45, 2.75) is 31.7 Å². The maximum absolute atomic E-state index is 10.7. The third-order valence-electron chi connectivity index (χ3n) is 2.12. The summed E-state index contributed by atoms with van der Waals surface area (Å²) in [5, 5.41) is 0. The van der Waals surface area contributed by atoms with E-state index in [1.165, 1.54) is 0 Å². The number of rotatable bonds is 1. The van der Waals surface area contributed by atoms with E-state index in [4.69, 9.17) is 11.5 Å². The quantitative estimate of drug-likeness (QED) is 0.680. The molecule has 0 aliphatic heterocycles. The molecule has 2 atom stereocenters. The van der Waals surface area contributed by atoms with Gasteiger partial charge < -0.3 is 11.5 Å². The average molecular weight is 215 g/mol. The second kappa shape index (κ2) is 6.52. The highest BCUT2D eigenvalue weighted by Crippen LogP contribution is 2.22. The van der Waals surface area contributed by atoms with Gasteiger partial charge >= 0.3 is 0 Å². The minimum atomic E-state index is -0.185. The maximum Gasteiger partial charge on any atom is 0.220 e. The lowest BCUT2D eigenvalue weighted by Crippen LogP contribution is -2.34. The first kappa shape index (κ1) is 14.5. The fraction of sp³-hybridized carbons (Fsp3) is 0.857. The van der Waals surface area contributed by atoms with E-state index < -0.39 is 0 Å². The molecule has 0 heterocycles. The lowest BCUT2D eigenvalue weighted by molar-refractivity contribution is -0.122. The van der Waals surface area contributed by atoms with Crippen LogP contribution in [-0.2, 0) is 4.79 Å². The van der Waals surface area contributed by atoms with Gasteiger partial charge in [-0.2, -0.15) is 0 Å². The minimum absolute atomic E-state index is 0. The largest absolute Gasteiger partial charge is 0.369 e. The van der Waals surface area contributed by atoms with Crippen molar-refractivity contribution in [2.24, 2.45) is 17.4 Å². The van der Waals surface area contributed by atoms with Crippen molar-refractivity contribution in [1.82, 2.24) is 0 Å². The Morgan fingerprint density at radius 3 is 2.17 bits per heavy atom. The Morgan fingerprint density at radius 2 is 1.83 bits per heavy atom. The fourth-order valence-electron chi connectivity index (χ4n) is 1.49. The summed E-state index contributed by atoms with van der Waals surface area (Å²) < 4.78 is 0. The summed E-state index contributed by atoms with van der Waals surface area (Å²) in [4.78, 5) is 10.7. The highest BCUT2D eigenvalue weighted by Gasteiger charge is 2.22. The number of hydrogen-bond donors (Lipinski definition) is 2. The van der Waals surface area contributed by atoms with E-state index in [0.29, 0.717) is 0 Å². The summed E-state index contributed by atoms with van der Waals surface area (Å²) in [6, 6.07) is 0.200. The van der Waals surface area contributed by atoms with Crippen molar-refractivity contribution < 1.29 is 4.79 Å². The second-order valence-electron chi connectivity index (χ2n) is 3.03. The van der Waals surface area contributed by atoms with Crippen LogP contribution < -0.4 is 11.5 Å². The third-order valence-corrected chi connectivity index (χ3v) is 2.12. The third kappa shape index (κ3) is 4.14. The van der Waals surface area contributed by atoms with Crippen molar-refractivity contribution in [3.8, 4) is 0 Å². The monoisotopic (exact) mass is 214 g/mol. The number of carbonyl (C=O) groups excluding carboxylic acids is 1. The van der Waals surface area contributed by atoms with Gasteiger partial charge in [0.05, 0.1) is 0 Å². The van der Waals surface area contributed by atoms with Gasteiger partial charge in [0.2, 0.25) is 5.91 Å². The summed E-state index contributed by atoms with van der Waals surface area (Å²) in [6.07, 6.45) is 3.82. The lowest BCUT2D eigenvalue weighted by Gasteiger charge is -2.23. The molecule has 0 aromatic carbocycles. The molecule has 1 saturated carbocycles. The van der Waals surface area contributed by atoms with Crippen LogP contribution in [0.4, 0.5) is 0 Å². The van der Waals surface area contributed by atoms with Crippen molar-refractivity contribution >= 4 is 30.7 Å². The van der Waals surface area contributed by atoms with Crippen LogP contribution in [-0.4, -0.2) is 11.9 Å². The van der Waals surface area contributed by atoms with Crippen LogP contribution in [0.2, 0.25) is 0 Å². The molecular formula is C7H16Cl2N2O. The van der Waals surface area contributed by atoms with Crippen LogP contribution in [0.5, 0.6) is 0 Å². The van der Waals surface area contributed by atoms with Crippen molar-refractivity contribution in [3.05, 3.63) is 0 Å². The first-order valence-electron chi connectivity index (χ1n) is 3.75. The molecule has 0 saturated heterocycles. The van der Waals surface area contributed by atoms with Crippen LogP contribution in [0.25, 0.3) is 0 Å². The predicted octanol–water partition coefficient (Wildman–Crippen LogP) is 0.833. The molecule has 0 aromatic rings. The summed E-state index contributed by atoms with van der Waals surface area (Å²) in [6.45, 7) is 0. The Morgan fingerprint density at radius 1 is 1.25 bits per heavy atom. The summed E-state index contributed by atoms with van der Waals surface area (Å²) in [5.74, 6) is -0.140. The van der Waals surface area contributed by atoms with Gasteiger partial charge in [0, 0.05) is 12.0 Å². The van der Waals surface area contributed by atoms with E-state index in [2.05, 4.69) is 0 Å². The smallest absolute Gasteiger partial charge is 0.220 e. The van der Waals surface area contributed by atoms with Gasteiger partial charge in [0.25, 0.3) is 0 Å². The SMILES string of the molecule is Cl.Cl.NC(=O)[C@H]1CCC[C@@H](N)C1. The number of primary amides is 1. The van der Waals surface area contributed by atoms with Crippen molar-refractivity contribution in [3.63, 3.8) is 0 Å². The van der Waals surface area contributed by atoms with Gasteiger partial charge in [0.1, 0.15) is 0 Å². The fourth-order valence-corrected chi connectivity index (χ4v) is 1.49. The first-order chi connectivity index (χ1) is 4.70. The molecule has 1 rings (SSSR count). The Kier molecular flexibility index (Phi) is 7.89. The molecule has 4 N–H and O–H groups in total. The summed E-state index contributed by atoms with van der Waals surface area (Å²) in [7, 11) is 0. The molecule has 3 nitrogen and oxygen atoms in total. The number of carbonyl (C=O) groups is 1. The van der Waals surface area contributed by atoms with Crippen LogP contribution in [0.1, 0.15) is 25.7 Å². The van der Waals surface area contributed by atoms with E-state index in [1.807, 2.05) is 0 Å². The van der Waals surface area contributed by atoms with Gasteiger partial charge in [0.15, 0.2) is 0 Å². The Bertz CT molecular complexity index is 143. The zero-order valence-corrected chi connectivity index (χ0v) is 8.50. The van der Waals surface area contributed by atoms with E-state index in [1.54, 1.807) is 0 Å². The molecule has 1 amide bonds. The van der Waals surface area contributed by atoms with E-state index in [0.717, 1.165) is 25.7 Å². The molecule has 12 heavy (non-hydrogen) atoms. The van der Waals surface area contributed by atoms with Crippen LogP contribution >= 0.6 is 24.8 Å². The maximum atomic E-state index is 10.7. The normalized spacial score (nSPS) is 28.1. The summed E-state index contributed by atoms with van der Waals surface area (Å²) >= 11 is 0. The van der Waals surface area contributed by atoms with Gasteiger partial charge in [-0.1, -0.05) is 6.42 Å². The molecule has 0 radical (unpaired) electrons. The molecule has 0 unspecified atom stereocenters. The number of amides is 1. The zero-order chi connectivity index (χ0) is 7.56. The number of nitrogens with two attached hydrogens (primary N) is 2. The molecule has 1 aliphatic carbocycles. The highest BCUT2D eigenvalue weighted by molar-refractivity contribution is 5.85. The van der Waals surface area contributed by atoms with Gasteiger partial charge in [-0.15, -0.1) is 24.8 Å². The van der Waals surface area contributed by atoms with Crippen molar-refractivity contribution in [2.75, 3.05) is 0 Å². The molecule has 1 fully saturated rings. The first-order valence-corrected chi connectivity index (χ1v) is 3.75. The molecule has 0 aromatic heterocycles. The van der Waals surface area contributed by atoms with Gasteiger partial charge in [-0.3, -0.25) is 4.79 Å². The van der Waals surface area contributed by atoms with E-state index in [9.17, 15) is 4.79 Å². The molecule has 74 valence electrons. The second-order valence-corrected chi connectivity index (χ2v) is 3.03. The molecule has 0 bridgehead atoms. The highest BCUT2D eigenvalue weighted by atomic mass is 35.5. The number of hydrogen-bond acceptors (Lipinski definition) is 2. The Labute approximate surface area is 85.1 Å². The van der Waals surface area contributed by atoms with Crippen LogP contribution in [0, 0.1) is 5.92 Å². The average Bonchev–Trinajstić information content (AvgIpc) is 1.88. The molecular weight excluding hydrogens is 199 g/mol. The number of halogens is 2. The Hall–Kier alpha value is 0.01000. The van der Waals surface area contributed by atoms with Crippen LogP contribution in [0.15, 0.2) is 0 Å². The van der Waals surface area contributed by atoms with Crippen molar-refractivity contribution in [1.29, 1.82) is 0 Å². The molecule has 0 spiro atoms.